The van der Waals surface area contributed by atoms with E-state index in [1.54, 1.807) is 0 Å². The molecule has 1 heterocycles. The molecule has 0 amide bonds. The molecule has 0 unspecified atom stereocenters. The molecule has 0 saturated heterocycles. The van der Waals surface area contributed by atoms with Gasteiger partial charge in [-0.2, -0.15) is 4.98 Å². The third-order valence-corrected chi connectivity index (χ3v) is 3.52. The second-order valence-electron chi connectivity index (χ2n) is 5.57. The van der Waals surface area contributed by atoms with Crippen LogP contribution in [0.1, 0.15) is 53.3 Å². The summed E-state index contributed by atoms with van der Waals surface area (Å²) < 4.78 is 5.53. The fourth-order valence-electron chi connectivity index (χ4n) is 1.37. The zero-order chi connectivity index (χ0) is 13.1. The molecule has 98 valence electrons. The number of nitrogens with zero attached hydrogens (tertiary/aromatic N) is 2. The van der Waals surface area contributed by atoms with Gasteiger partial charge in [-0.05, 0) is 20.4 Å². The Hall–Kier alpha value is -0.550. The topological polar surface area (TPSA) is 51.0 Å². The third kappa shape index (κ3) is 4.68. The zero-order valence-electron chi connectivity index (χ0n) is 11.6. The molecule has 0 bridgehead atoms. The molecule has 0 saturated carbocycles. The lowest BCUT2D eigenvalue weighted by molar-refractivity contribution is 0.271. The Balaban J connectivity index is 2.65. The molecule has 0 radical (unpaired) electrons. The molecule has 17 heavy (non-hydrogen) atoms. The summed E-state index contributed by atoms with van der Waals surface area (Å²) in [7, 11) is 0. The summed E-state index contributed by atoms with van der Waals surface area (Å²) in [6, 6.07) is 0. The van der Waals surface area contributed by atoms with Crippen molar-refractivity contribution in [2.45, 2.75) is 57.6 Å². The van der Waals surface area contributed by atoms with Gasteiger partial charge in [0.15, 0.2) is 5.82 Å². The highest BCUT2D eigenvalue weighted by molar-refractivity contribution is 7.99. The number of aromatic nitrogens is 2. The molecule has 0 aromatic carbocycles. The summed E-state index contributed by atoms with van der Waals surface area (Å²) >= 11 is 1.82. The standard InChI is InChI=1S/C12H23N3OS/c1-7-13-12(5,6)10-14-9(15-16-10)8-17-11(2,3)4/h13H,7-8H2,1-6H3. The van der Waals surface area contributed by atoms with Gasteiger partial charge in [-0.3, -0.25) is 0 Å². The molecule has 0 spiro atoms. The van der Waals surface area contributed by atoms with Crippen LogP contribution >= 0.6 is 11.8 Å². The average Bonchev–Trinajstić information content (AvgIpc) is 2.62. The van der Waals surface area contributed by atoms with Gasteiger partial charge in [0, 0.05) is 4.75 Å². The second kappa shape index (κ2) is 5.40. The molecule has 5 heteroatoms. The smallest absolute Gasteiger partial charge is 0.246 e. The van der Waals surface area contributed by atoms with Crippen molar-refractivity contribution < 1.29 is 4.52 Å². The van der Waals surface area contributed by atoms with Crippen molar-refractivity contribution >= 4 is 11.8 Å². The maximum Gasteiger partial charge on any atom is 0.246 e. The molecular weight excluding hydrogens is 234 g/mol. The third-order valence-electron chi connectivity index (χ3n) is 2.26. The largest absolute Gasteiger partial charge is 0.337 e. The van der Waals surface area contributed by atoms with Crippen molar-refractivity contribution in [1.82, 2.24) is 15.5 Å². The highest BCUT2D eigenvalue weighted by atomic mass is 32.2. The number of hydrogen-bond donors (Lipinski definition) is 1. The van der Waals surface area contributed by atoms with Crippen LogP contribution in [-0.4, -0.2) is 21.4 Å². The average molecular weight is 257 g/mol. The van der Waals surface area contributed by atoms with E-state index in [1.165, 1.54) is 0 Å². The quantitative estimate of drug-likeness (QED) is 0.879. The van der Waals surface area contributed by atoms with Crippen molar-refractivity contribution in [3.8, 4) is 0 Å². The van der Waals surface area contributed by atoms with Crippen LogP contribution in [0.4, 0.5) is 0 Å². The Bertz CT molecular complexity index is 355. The minimum absolute atomic E-state index is 0.220. The Labute approximate surface area is 108 Å². The van der Waals surface area contributed by atoms with E-state index in [0.717, 1.165) is 18.1 Å². The van der Waals surface area contributed by atoms with Gasteiger partial charge >= 0.3 is 0 Å². The molecule has 4 nitrogen and oxygen atoms in total. The minimum atomic E-state index is -0.258. The van der Waals surface area contributed by atoms with E-state index in [-0.39, 0.29) is 10.3 Å². The fourth-order valence-corrected chi connectivity index (χ4v) is 2.04. The number of thioether (sulfide) groups is 1. The Morgan fingerprint density at radius 2 is 1.88 bits per heavy atom. The highest BCUT2D eigenvalue weighted by Gasteiger charge is 2.26. The van der Waals surface area contributed by atoms with Crippen LogP contribution in [0.25, 0.3) is 0 Å². The predicted molar refractivity (Wildman–Crippen MR) is 72.0 cm³/mol. The first kappa shape index (κ1) is 14.5. The fraction of sp³-hybridized carbons (Fsp3) is 0.833. The molecule has 1 rings (SSSR count). The lowest BCUT2D eigenvalue weighted by Crippen LogP contribution is -2.36. The van der Waals surface area contributed by atoms with E-state index in [2.05, 4.69) is 43.2 Å². The molecule has 1 aromatic heterocycles. The molecule has 0 atom stereocenters. The Morgan fingerprint density at radius 3 is 2.41 bits per heavy atom. The summed E-state index contributed by atoms with van der Waals surface area (Å²) in [5.74, 6) is 2.21. The highest BCUT2D eigenvalue weighted by Crippen LogP contribution is 2.27. The van der Waals surface area contributed by atoms with Crippen molar-refractivity contribution in [3.63, 3.8) is 0 Å². The van der Waals surface area contributed by atoms with Crippen LogP contribution in [0.5, 0.6) is 0 Å². The van der Waals surface area contributed by atoms with Gasteiger partial charge in [-0.1, -0.05) is 32.9 Å². The summed E-state index contributed by atoms with van der Waals surface area (Å²) in [5.41, 5.74) is -0.258. The van der Waals surface area contributed by atoms with Crippen molar-refractivity contribution in [1.29, 1.82) is 0 Å². The Kier molecular flexibility index (Phi) is 4.61. The van der Waals surface area contributed by atoms with Gasteiger partial charge in [0.25, 0.3) is 0 Å². The van der Waals surface area contributed by atoms with E-state index in [0.29, 0.717) is 5.89 Å². The molecular formula is C12H23N3OS. The van der Waals surface area contributed by atoms with Gasteiger partial charge in [0.05, 0.1) is 11.3 Å². The molecule has 1 aromatic rings. The monoisotopic (exact) mass is 257 g/mol. The van der Waals surface area contributed by atoms with E-state index in [9.17, 15) is 0 Å². The van der Waals surface area contributed by atoms with Crippen LogP contribution in [0.2, 0.25) is 0 Å². The number of rotatable bonds is 5. The second-order valence-corrected chi connectivity index (χ2v) is 7.37. The normalized spacial score (nSPS) is 13.1. The predicted octanol–water partition coefficient (Wildman–Crippen LogP) is 2.95. The van der Waals surface area contributed by atoms with Crippen molar-refractivity contribution in [3.05, 3.63) is 11.7 Å². The first-order valence-electron chi connectivity index (χ1n) is 5.96. The number of nitrogens with one attached hydrogen (secondary N) is 1. The molecule has 0 aliphatic rings. The Morgan fingerprint density at radius 1 is 1.24 bits per heavy atom. The molecule has 0 aliphatic heterocycles. The van der Waals surface area contributed by atoms with Crippen LogP contribution in [-0.2, 0) is 11.3 Å². The lowest BCUT2D eigenvalue weighted by atomic mass is 10.1. The summed E-state index contributed by atoms with van der Waals surface area (Å²) in [6.07, 6.45) is 0. The molecule has 0 fully saturated rings. The summed E-state index contributed by atoms with van der Waals surface area (Å²) in [6.45, 7) is 13.6. The van der Waals surface area contributed by atoms with E-state index in [4.69, 9.17) is 4.52 Å². The SMILES string of the molecule is CCNC(C)(C)c1nc(CSC(C)(C)C)no1. The van der Waals surface area contributed by atoms with E-state index in [1.807, 2.05) is 25.6 Å². The van der Waals surface area contributed by atoms with Crippen molar-refractivity contribution in [2.24, 2.45) is 0 Å². The van der Waals surface area contributed by atoms with Gasteiger partial charge in [0.1, 0.15) is 0 Å². The summed E-state index contributed by atoms with van der Waals surface area (Å²) in [5, 5.41) is 7.34. The van der Waals surface area contributed by atoms with Gasteiger partial charge in [-0.15, -0.1) is 11.8 Å². The van der Waals surface area contributed by atoms with Crippen molar-refractivity contribution in [2.75, 3.05) is 6.54 Å². The number of hydrogen-bond acceptors (Lipinski definition) is 5. The zero-order valence-corrected chi connectivity index (χ0v) is 12.4. The van der Waals surface area contributed by atoms with Crippen LogP contribution in [0, 0.1) is 0 Å². The maximum atomic E-state index is 5.31. The van der Waals surface area contributed by atoms with Crippen LogP contribution in [0.15, 0.2) is 4.52 Å². The molecule has 1 N–H and O–H groups in total. The van der Waals surface area contributed by atoms with E-state index < -0.39 is 0 Å². The first-order chi connectivity index (χ1) is 7.74. The van der Waals surface area contributed by atoms with Gasteiger partial charge < -0.3 is 9.84 Å². The molecule has 0 aliphatic carbocycles. The van der Waals surface area contributed by atoms with Crippen LogP contribution in [0.3, 0.4) is 0 Å². The maximum absolute atomic E-state index is 5.31. The van der Waals surface area contributed by atoms with Crippen LogP contribution < -0.4 is 5.32 Å². The summed E-state index contributed by atoms with van der Waals surface area (Å²) in [4.78, 5) is 4.44. The van der Waals surface area contributed by atoms with E-state index >= 15 is 0 Å². The van der Waals surface area contributed by atoms with Gasteiger partial charge in [0.2, 0.25) is 5.89 Å². The minimum Gasteiger partial charge on any atom is -0.337 e. The van der Waals surface area contributed by atoms with Gasteiger partial charge in [-0.25, -0.2) is 0 Å². The first-order valence-corrected chi connectivity index (χ1v) is 6.95. The lowest BCUT2D eigenvalue weighted by Gasteiger charge is -2.20.